The molecule has 2 atom stereocenters. The van der Waals surface area contributed by atoms with Crippen LogP contribution in [0.3, 0.4) is 0 Å². The number of rotatable bonds is 5. The second kappa shape index (κ2) is 6.37. The molecule has 0 N–H and O–H groups in total. The van der Waals surface area contributed by atoms with Crippen LogP contribution in [0.5, 0.6) is 0 Å². The van der Waals surface area contributed by atoms with Crippen LogP contribution < -0.4 is 0 Å². The lowest BCUT2D eigenvalue weighted by molar-refractivity contribution is 0.0603. The smallest absolute Gasteiger partial charge is 0.264 e. The van der Waals surface area contributed by atoms with Gasteiger partial charge in [-0.1, -0.05) is 13.8 Å². The Balaban J connectivity index is 3.02. The van der Waals surface area contributed by atoms with Gasteiger partial charge in [-0.05, 0) is 52.2 Å². The van der Waals surface area contributed by atoms with Gasteiger partial charge in [0.05, 0.1) is 4.88 Å². The number of nitrogens with zero attached hydrogens (tertiary/aromatic N) is 1. The number of carbonyl (C=O) groups excluding carboxylic acids is 1. The summed E-state index contributed by atoms with van der Waals surface area (Å²) in [5.41, 5.74) is 1.22. The summed E-state index contributed by atoms with van der Waals surface area (Å²) in [6.07, 6.45) is 2.00. The highest BCUT2D eigenvalue weighted by molar-refractivity contribution is 7.14. The van der Waals surface area contributed by atoms with Gasteiger partial charge in [0.1, 0.15) is 0 Å². The molecule has 0 bridgehead atoms. The fourth-order valence-electron chi connectivity index (χ4n) is 2.03. The third-order valence-corrected chi connectivity index (χ3v) is 4.88. The Morgan fingerprint density at radius 1 is 1.22 bits per heavy atom. The van der Waals surface area contributed by atoms with Crippen molar-refractivity contribution >= 4 is 17.2 Å². The van der Waals surface area contributed by atoms with Crippen molar-refractivity contribution in [3.63, 3.8) is 0 Å². The molecule has 0 unspecified atom stereocenters. The average molecular weight is 267 g/mol. The molecule has 0 radical (unpaired) electrons. The van der Waals surface area contributed by atoms with Gasteiger partial charge in [0.2, 0.25) is 0 Å². The van der Waals surface area contributed by atoms with E-state index in [2.05, 4.69) is 41.5 Å². The summed E-state index contributed by atoms with van der Waals surface area (Å²) in [6.45, 7) is 12.7. The van der Waals surface area contributed by atoms with Crippen molar-refractivity contribution in [2.24, 2.45) is 0 Å². The molecule has 0 saturated heterocycles. The van der Waals surface area contributed by atoms with Crippen molar-refractivity contribution < 1.29 is 4.79 Å². The minimum atomic E-state index is 0.194. The Morgan fingerprint density at radius 3 is 2.06 bits per heavy atom. The van der Waals surface area contributed by atoms with Crippen LogP contribution >= 0.6 is 11.3 Å². The maximum Gasteiger partial charge on any atom is 0.264 e. The number of carbonyl (C=O) groups is 1. The van der Waals surface area contributed by atoms with Gasteiger partial charge in [-0.25, -0.2) is 0 Å². The second-order valence-corrected chi connectivity index (χ2v) is 6.33. The van der Waals surface area contributed by atoms with Crippen LogP contribution in [-0.2, 0) is 0 Å². The molecule has 1 heterocycles. The number of thiophene rings is 1. The Labute approximate surface area is 115 Å². The normalized spacial score (nSPS) is 14.3. The Kier molecular flexibility index (Phi) is 5.39. The van der Waals surface area contributed by atoms with Gasteiger partial charge in [0.25, 0.3) is 5.91 Å². The molecule has 102 valence electrons. The molecule has 0 aliphatic rings. The molecule has 0 aliphatic heterocycles. The molecule has 1 amide bonds. The van der Waals surface area contributed by atoms with E-state index in [9.17, 15) is 4.79 Å². The first-order chi connectivity index (χ1) is 8.42. The molecule has 0 aliphatic carbocycles. The van der Waals surface area contributed by atoms with E-state index in [-0.39, 0.29) is 5.91 Å². The molecule has 0 fully saturated rings. The van der Waals surface area contributed by atoms with Gasteiger partial charge in [-0.15, -0.1) is 11.3 Å². The van der Waals surface area contributed by atoms with Crippen LogP contribution in [-0.4, -0.2) is 22.9 Å². The first-order valence-electron chi connectivity index (χ1n) is 6.82. The van der Waals surface area contributed by atoms with Gasteiger partial charge >= 0.3 is 0 Å². The zero-order valence-corrected chi connectivity index (χ0v) is 13.2. The summed E-state index contributed by atoms with van der Waals surface area (Å²) in [5, 5.41) is 0. The average Bonchev–Trinajstić information content (AvgIpc) is 2.69. The van der Waals surface area contributed by atoms with Crippen molar-refractivity contribution in [2.75, 3.05) is 0 Å². The molecule has 0 aromatic carbocycles. The van der Waals surface area contributed by atoms with Crippen LogP contribution in [0.1, 0.15) is 60.6 Å². The maximum atomic E-state index is 12.6. The summed E-state index contributed by atoms with van der Waals surface area (Å²) in [6, 6.07) is 2.63. The molecule has 3 heteroatoms. The molecule has 18 heavy (non-hydrogen) atoms. The number of hydrogen-bond acceptors (Lipinski definition) is 2. The number of aryl methyl sites for hydroxylation is 2. The predicted octanol–water partition coefficient (Wildman–Crippen LogP) is 4.40. The monoisotopic (exact) mass is 267 g/mol. The Morgan fingerprint density at radius 2 is 1.72 bits per heavy atom. The van der Waals surface area contributed by atoms with Crippen molar-refractivity contribution in [3.8, 4) is 0 Å². The fraction of sp³-hybridized carbons (Fsp3) is 0.667. The van der Waals surface area contributed by atoms with E-state index >= 15 is 0 Å². The van der Waals surface area contributed by atoms with Gasteiger partial charge in [0.15, 0.2) is 0 Å². The summed E-state index contributed by atoms with van der Waals surface area (Å²) in [7, 11) is 0. The fourth-order valence-corrected chi connectivity index (χ4v) is 3.01. The van der Waals surface area contributed by atoms with Crippen molar-refractivity contribution in [1.82, 2.24) is 4.90 Å². The topological polar surface area (TPSA) is 20.3 Å². The van der Waals surface area contributed by atoms with E-state index < -0.39 is 0 Å². The lowest BCUT2D eigenvalue weighted by atomic mass is 10.1. The van der Waals surface area contributed by atoms with E-state index in [0.29, 0.717) is 12.1 Å². The number of hydrogen-bond donors (Lipinski definition) is 0. The second-order valence-electron chi connectivity index (χ2n) is 5.08. The highest BCUT2D eigenvalue weighted by Gasteiger charge is 2.25. The third-order valence-electron chi connectivity index (χ3n) is 3.74. The van der Waals surface area contributed by atoms with E-state index in [1.807, 2.05) is 11.0 Å². The lowest BCUT2D eigenvalue weighted by Crippen LogP contribution is -2.44. The van der Waals surface area contributed by atoms with Gasteiger partial charge in [-0.2, -0.15) is 0 Å². The zero-order chi connectivity index (χ0) is 13.9. The van der Waals surface area contributed by atoms with E-state index in [4.69, 9.17) is 0 Å². The summed E-state index contributed by atoms with van der Waals surface area (Å²) < 4.78 is 0. The van der Waals surface area contributed by atoms with E-state index in [1.165, 1.54) is 10.4 Å². The SMILES string of the molecule is CC[C@H](C)N(C(=O)c1cc(C)c(C)s1)[C@@H](C)CC. The minimum absolute atomic E-state index is 0.194. The van der Waals surface area contributed by atoms with Crippen molar-refractivity contribution in [3.05, 3.63) is 21.4 Å². The van der Waals surface area contributed by atoms with E-state index in [1.54, 1.807) is 11.3 Å². The predicted molar refractivity (Wildman–Crippen MR) is 79.5 cm³/mol. The maximum absolute atomic E-state index is 12.6. The van der Waals surface area contributed by atoms with Crippen LogP contribution in [0.25, 0.3) is 0 Å². The molecule has 0 spiro atoms. The lowest BCUT2D eigenvalue weighted by Gasteiger charge is -2.33. The molecule has 1 aromatic rings. The zero-order valence-electron chi connectivity index (χ0n) is 12.4. The Hall–Kier alpha value is -0.830. The molecule has 1 rings (SSSR count). The third kappa shape index (κ3) is 3.14. The van der Waals surface area contributed by atoms with Gasteiger partial charge < -0.3 is 4.90 Å². The summed E-state index contributed by atoms with van der Waals surface area (Å²) in [5.74, 6) is 0.194. The van der Waals surface area contributed by atoms with Crippen molar-refractivity contribution in [2.45, 2.75) is 66.5 Å². The van der Waals surface area contributed by atoms with Crippen LogP contribution in [0, 0.1) is 13.8 Å². The first kappa shape index (κ1) is 15.2. The summed E-state index contributed by atoms with van der Waals surface area (Å²) in [4.78, 5) is 16.8. The van der Waals surface area contributed by atoms with Crippen LogP contribution in [0.4, 0.5) is 0 Å². The van der Waals surface area contributed by atoms with Gasteiger partial charge in [-0.3, -0.25) is 4.79 Å². The molecule has 0 saturated carbocycles. The minimum Gasteiger partial charge on any atom is -0.333 e. The number of amides is 1. The molecular weight excluding hydrogens is 242 g/mol. The largest absolute Gasteiger partial charge is 0.333 e. The van der Waals surface area contributed by atoms with Crippen LogP contribution in [0.15, 0.2) is 6.07 Å². The first-order valence-corrected chi connectivity index (χ1v) is 7.63. The van der Waals surface area contributed by atoms with E-state index in [0.717, 1.165) is 17.7 Å². The quantitative estimate of drug-likeness (QED) is 0.774. The van der Waals surface area contributed by atoms with Gasteiger partial charge in [0, 0.05) is 17.0 Å². The molecule has 2 nitrogen and oxygen atoms in total. The Bertz CT molecular complexity index is 381. The van der Waals surface area contributed by atoms with Crippen LogP contribution in [0.2, 0.25) is 0 Å². The molecule has 1 aromatic heterocycles. The highest BCUT2D eigenvalue weighted by Crippen LogP contribution is 2.24. The molecular formula is C15H25NOS. The van der Waals surface area contributed by atoms with Crippen molar-refractivity contribution in [1.29, 1.82) is 0 Å². The standard InChI is InChI=1S/C15H25NOS/c1-7-11(4)16(12(5)8-2)15(17)14-9-10(3)13(6)18-14/h9,11-12H,7-8H2,1-6H3/t11-,12-/m0/s1. The summed E-state index contributed by atoms with van der Waals surface area (Å²) >= 11 is 1.62. The highest BCUT2D eigenvalue weighted by atomic mass is 32.1.